The highest BCUT2D eigenvalue weighted by molar-refractivity contribution is 6.01. The van der Waals surface area contributed by atoms with Crippen LogP contribution >= 0.6 is 0 Å². The molecule has 7 aromatic rings. The van der Waals surface area contributed by atoms with Crippen LogP contribution in [0, 0.1) is 5.82 Å². The summed E-state index contributed by atoms with van der Waals surface area (Å²) in [5.41, 5.74) is 11.0. The van der Waals surface area contributed by atoms with E-state index in [1.165, 1.54) is 24.3 Å². The lowest BCUT2D eigenvalue weighted by Gasteiger charge is -2.39. The Bertz CT molecular complexity index is 3500. The molecule has 0 unspecified atom stereocenters. The van der Waals surface area contributed by atoms with Crippen molar-refractivity contribution in [1.29, 1.82) is 0 Å². The van der Waals surface area contributed by atoms with Gasteiger partial charge in [-0.05, 0) is 85.9 Å². The number of esters is 1. The Kier molecular flexibility index (Phi) is 15.3. The number of ether oxygens (including phenoxy) is 1. The second kappa shape index (κ2) is 23.0. The second-order valence-electron chi connectivity index (χ2n) is 21.2. The number of nitrogens with one attached hydrogen (secondary N) is 3. The average molecular weight is 1090 g/mol. The number of amides is 5. The summed E-state index contributed by atoms with van der Waals surface area (Å²) in [6.45, 7) is 3.81. The van der Waals surface area contributed by atoms with Crippen molar-refractivity contribution in [3.05, 3.63) is 102 Å². The third-order valence-electron chi connectivity index (χ3n) is 16.1. The highest BCUT2D eigenvalue weighted by Crippen LogP contribution is 2.42. The summed E-state index contributed by atoms with van der Waals surface area (Å²) in [6, 6.07) is 16.7. The molecular weight excluding hydrogens is 1030 g/mol. The zero-order valence-electron chi connectivity index (χ0n) is 44.6. The number of fused-ring (bicyclic) bond motifs is 2. The SMILES string of the molecule is COC(=O)Cn1cc(CNC(=O)Cn2nc3c4c(cccc42)-c2cc4c(cnn4[N+]4(C(=O)CCC(=O)NCCCC(=O)N5CCC(c6ccc(Nc7nc(N8CCCCC8)cnc7C(N)=O)cc6)CC5)CCC3CC4)cc2F)nn1. The maximum atomic E-state index is 16.3. The summed E-state index contributed by atoms with van der Waals surface area (Å²) in [4.78, 5) is 93.4. The fourth-order valence-corrected chi connectivity index (χ4v) is 11.8. The molecule has 5 aliphatic rings. The molecule has 0 saturated carbocycles. The van der Waals surface area contributed by atoms with Crippen LogP contribution in [-0.2, 0) is 48.3 Å². The number of quaternary nitrogens is 1. The fourth-order valence-electron chi connectivity index (χ4n) is 11.8. The molecule has 9 heterocycles. The zero-order valence-corrected chi connectivity index (χ0v) is 44.6. The number of carbonyl (C=O) groups excluding carboxylic acids is 6. The van der Waals surface area contributed by atoms with Gasteiger partial charge in [0.25, 0.3) is 5.91 Å². The van der Waals surface area contributed by atoms with Crippen LogP contribution in [0.5, 0.6) is 0 Å². The van der Waals surface area contributed by atoms with Crippen LogP contribution in [0.25, 0.3) is 32.9 Å². The number of hydrogen-bond donors (Lipinski definition) is 4. The lowest BCUT2D eigenvalue weighted by atomic mass is 9.88. The van der Waals surface area contributed by atoms with Crippen molar-refractivity contribution >= 4 is 74.6 Å². The maximum Gasteiger partial charge on any atom is 0.340 e. The molecule has 24 heteroatoms. The highest BCUT2D eigenvalue weighted by Gasteiger charge is 2.46. The molecule has 5 N–H and O–H groups in total. The van der Waals surface area contributed by atoms with Crippen molar-refractivity contribution in [1.82, 2.24) is 64.8 Å². The molecule has 0 aliphatic carbocycles. The minimum atomic E-state index is -0.654. The van der Waals surface area contributed by atoms with Gasteiger partial charge in [-0.3, -0.25) is 28.7 Å². The molecule has 3 aromatic carbocycles. The lowest BCUT2D eigenvalue weighted by Crippen LogP contribution is -2.65. The molecule has 3 fully saturated rings. The first-order valence-corrected chi connectivity index (χ1v) is 27.5. The van der Waals surface area contributed by atoms with Gasteiger partial charge in [0.05, 0.1) is 49.9 Å². The number of piperidine rings is 3. The van der Waals surface area contributed by atoms with Gasteiger partial charge in [-0.2, -0.15) is 5.10 Å². The largest absolute Gasteiger partial charge is 0.468 e. The number of nitrogens with two attached hydrogens (primary N) is 1. The van der Waals surface area contributed by atoms with E-state index in [0.717, 1.165) is 55.4 Å². The first-order chi connectivity index (χ1) is 38.8. The first-order valence-electron chi connectivity index (χ1n) is 27.5. The fraction of sp³-hybridized carbons (Fsp3) is 0.429. The van der Waals surface area contributed by atoms with E-state index >= 15 is 4.39 Å². The second-order valence-corrected chi connectivity index (χ2v) is 21.2. The number of carbonyl (C=O) groups is 6. The van der Waals surface area contributed by atoms with Crippen LogP contribution in [-0.4, -0.2) is 138 Å². The number of aromatic nitrogens is 9. The Morgan fingerprint density at radius 3 is 2.38 bits per heavy atom. The summed E-state index contributed by atoms with van der Waals surface area (Å²) < 4.78 is 23.7. The number of anilines is 3. The summed E-state index contributed by atoms with van der Waals surface area (Å²) in [5, 5.41) is 28.0. The van der Waals surface area contributed by atoms with Crippen LogP contribution in [0.2, 0.25) is 0 Å². The number of benzene rings is 3. The molecule has 5 aliphatic heterocycles. The third kappa shape index (κ3) is 11.0. The van der Waals surface area contributed by atoms with Crippen molar-refractivity contribution in [2.24, 2.45) is 5.73 Å². The number of halogens is 1. The molecular formula is C56H64FN16O7+. The molecule has 23 nitrogen and oxygen atoms in total. The van der Waals surface area contributed by atoms with Crippen molar-refractivity contribution in [3.8, 4) is 11.1 Å². The quantitative estimate of drug-likeness (QED) is 0.0509. The Hall–Kier alpha value is -8.67. The van der Waals surface area contributed by atoms with E-state index < -0.39 is 17.7 Å². The van der Waals surface area contributed by atoms with Gasteiger partial charge in [0, 0.05) is 86.3 Å². The van der Waals surface area contributed by atoms with Crippen LogP contribution in [0.15, 0.2) is 73.2 Å². The molecule has 5 amide bonds. The molecule has 0 spiro atoms. The molecule has 0 radical (unpaired) electrons. The first kappa shape index (κ1) is 53.3. The van der Waals surface area contributed by atoms with Crippen LogP contribution in [0.1, 0.15) is 110 Å². The van der Waals surface area contributed by atoms with Gasteiger partial charge >= 0.3 is 11.9 Å². The maximum absolute atomic E-state index is 16.3. The van der Waals surface area contributed by atoms with Gasteiger partial charge in [0.15, 0.2) is 11.5 Å². The minimum absolute atomic E-state index is 0.0357. The molecule has 416 valence electrons. The van der Waals surface area contributed by atoms with Gasteiger partial charge < -0.3 is 36.2 Å². The molecule has 3 saturated heterocycles. The van der Waals surface area contributed by atoms with E-state index in [1.54, 1.807) is 34.1 Å². The molecule has 4 bridgehead atoms. The van der Waals surface area contributed by atoms with Gasteiger partial charge in [-0.15, -0.1) is 14.8 Å². The number of nitrogens with zero attached hydrogens (tertiary/aromatic N) is 12. The predicted octanol–water partition coefficient (Wildman–Crippen LogP) is 4.84. The molecule has 0 atom stereocenters. The Labute approximate surface area is 459 Å². The highest BCUT2D eigenvalue weighted by atomic mass is 19.1. The lowest BCUT2D eigenvalue weighted by molar-refractivity contribution is -0.142. The smallest absolute Gasteiger partial charge is 0.340 e. The standard InChI is InChI=1S/C56H63FN16O7/c1-80-51(78)34-70-32-40(65-67-70)30-60-48(75)33-71-44-8-5-7-41-42-28-45-38(27-43(42)57)29-62-72(45)73(25-18-37(19-26-73)53(66-71)52(41)44)50(77)15-14-47(74)59-20-6-9-49(76)69-23-16-36(17-24-69)35-10-12-39(13-11-35)63-56-54(55(58)79)61-31-46(64-56)68-21-3-2-4-22-68/h5,7-8,10-13,27-29,31-32,36-37H,2-4,6,9,14-26,30,33-34H2,1H3,(H4-,58,59,60,63,64,74,75,79)/p+1. The van der Waals surface area contributed by atoms with Crippen LogP contribution < -0.4 is 31.2 Å². The number of methoxy groups -OCH3 is 1. The van der Waals surface area contributed by atoms with E-state index in [4.69, 9.17) is 20.9 Å². The Morgan fingerprint density at radius 2 is 1.61 bits per heavy atom. The topological polar surface area (TPSA) is 272 Å². The summed E-state index contributed by atoms with van der Waals surface area (Å²) in [6.07, 6.45) is 11.4. The van der Waals surface area contributed by atoms with E-state index in [2.05, 4.69) is 53.0 Å². The average Bonchev–Trinajstić information content (AvgIpc) is 4.42. The van der Waals surface area contributed by atoms with Crippen molar-refractivity contribution in [2.75, 3.05) is 63.1 Å². The van der Waals surface area contributed by atoms with E-state index in [1.807, 2.05) is 35.2 Å². The molecule has 80 heavy (non-hydrogen) atoms. The molecule has 4 aromatic heterocycles. The number of hydrogen-bond acceptors (Lipinski definition) is 15. The van der Waals surface area contributed by atoms with E-state index in [0.29, 0.717) is 96.0 Å². The minimum Gasteiger partial charge on any atom is -0.468 e. The number of likely N-dealkylation sites (tertiary alicyclic amines) is 1. The number of rotatable bonds is 18. The van der Waals surface area contributed by atoms with Crippen LogP contribution in [0.4, 0.5) is 21.7 Å². The summed E-state index contributed by atoms with van der Waals surface area (Å²) in [7, 11) is 1.28. The zero-order chi connectivity index (χ0) is 55.5. The van der Waals surface area contributed by atoms with E-state index in [-0.39, 0.29) is 91.2 Å². The monoisotopic (exact) mass is 1090 g/mol. The van der Waals surface area contributed by atoms with Crippen molar-refractivity contribution in [3.63, 3.8) is 0 Å². The van der Waals surface area contributed by atoms with E-state index in [9.17, 15) is 28.8 Å². The predicted molar refractivity (Wildman–Crippen MR) is 293 cm³/mol. The normalized spacial score (nSPS) is 18.1. The Morgan fingerprint density at radius 1 is 0.825 bits per heavy atom. The summed E-state index contributed by atoms with van der Waals surface area (Å²) >= 11 is 0. The van der Waals surface area contributed by atoms with Crippen molar-refractivity contribution < 1.29 is 37.9 Å². The van der Waals surface area contributed by atoms with Crippen molar-refractivity contribution in [2.45, 2.75) is 102 Å². The number of primary amides is 1. The Balaban J connectivity index is 0.673. The summed E-state index contributed by atoms with van der Waals surface area (Å²) in [5.74, 6) is -1.24. The van der Waals surface area contributed by atoms with Gasteiger partial charge in [0.1, 0.15) is 49.0 Å². The van der Waals surface area contributed by atoms with Gasteiger partial charge in [-0.1, -0.05) is 34.3 Å². The third-order valence-corrected chi connectivity index (χ3v) is 16.1. The van der Waals surface area contributed by atoms with Gasteiger partial charge in [0.2, 0.25) is 17.7 Å². The van der Waals surface area contributed by atoms with Gasteiger partial charge in [-0.25, -0.2) is 23.8 Å². The molecule has 12 rings (SSSR count). The van der Waals surface area contributed by atoms with Crippen LogP contribution in [0.3, 0.4) is 0 Å².